The summed E-state index contributed by atoms with van der Waals surface area (Å²) in [5, 5.41) is -0.157. The van der Waals surface area contributed by atoms with Crippen LogP contribution in [0.4, 0.5) is 5.69 Å². The molecule has 0 radical (unpaired) electrons. The fraction of sp³-hybridized carbons (Fsp3) is 0.250. The van der Waals surface area contributed by atoms with Crippen molar-refractivity contribution in [3.05, 3.63) is 47.6 Å². The highest BCUT2D eigenvalue weighted by atomic mass is 32.2. The molecular weight excluding hydrogens is 380 g/mol. The van der Waals surface area contributed by atoms with E-state index in [0.717, 1.165) is 10.6 Å². The molecule has 138 valence electrons. The number of para-hydroxylation sites is 2. The van der Waals surface area contributed by atoms with Crippen LogP contribution in [0.1, 0.15) is 6.92 Å². The van der Waals surface area contributed by atoms with Crippen molar-refractivity contribution in [3.63, 3.8) is 0 Å². The average Bonchev–Trinajstić information content (AvgIpc) is 3.02. The lowest BCUT2D eigenvalue weighted by atomic mass is 10.2. The number of carbonyl (C=O) groups excluding carboxylic acids is 1. The van der Waals surface area contributed by atoms with Gasteiger partial charge in [-0.1, -0.05) is 12.1 Å². The van der Waals surface area contributed by atoms with Gasteiger partial charge in [0, 0.05) is 25.2 Å². The Morgan fingerprint density at radius 1 is 1.31 bits per heavy atom. The van der Waals surface area contributed by atoms with Gasteiger partial charge in [0.1, 0.15) is 0 Å². The van der Waals surface area contributed by atoms with Crippen LogP contribution in [-0.4, -0.2) is 48.3 Å². The quantitative estimate of drug-likeness (QED) is 0.466. The topological polar surface area (TPSA) is 96.4 Å². The molecule has 0 bridgehead atoms. The van der Waals surface area contributed by atoms with Crippen molar-refractivity contribution in [1.29, 1.82) is 0 Å². The summed E-state index contributed by atoms with van der Waals surface area (Å²) in [5.74, 6) is 0.00599. The van der Waals surface area contributed by atoms with Crippen molar-refractivity contribution >= 4 is 39.1 Å². The molecular formula is C16H16N2O6S2. The van der Waals surface area contributed by atoms with Gasteiger partial charge in [0.2, 0.25) is 5.88 Å². The van der Waals surface area contributed by atoms with E-state index in [1.807, 2.05) is 36.2 Å². The molecule has 0 unspecified atom stereocenters. The van der Waals surface area contributed by atoms with Gasteiger partial charge in [0.25, 0.3) is 21.2 Å². The highest BCUT2D eigenvalue weighted by molar-refractivity contribution is 7.85. The molecule has 2 aliphatic heterocycles. The first kappa shape index (κ1) is 18.4. The number of carbonyl (C=O) groups is 1. The Labute approximate surface area is 156 Å². The van der Waals surface area contributed by atoms with Crippen LogP contribution in [0.5, 0.6) is 5.75 Å². The fourth-order valence-electron chi connectivity index (χ4n) is 2.54. The number of rotatable bonds is 4. The molecule has 1 amide bonds. The molecule has 1 aromatic rings. The van der Waals surface area contributed by atoms with E-state index in [1.165, 1.54) is 0 Å². The first-order chi connectivity index (χ1) is 12.2. The summed E-state index contributed by atoms with van der Waals surface area (Å²) in [6.07, 6.45) is 1.64. The van der Waals surface area contributed by atoms with Gasteiger partial charge < -0.3 is 14.4 Å². The van der Waals surface area contributed by atoms with Crippen molar-refractivity contribution in [2.75, 3.05) is 24.2 Å². The summed E-state index contributed by atoms with van der Waals surface area (Å²) in [4.78, 5) is 15.3. The van der Waals surface area contributed by atoms with E-state index < -0.39 is 21.8 Å². The van der Waals surface area contributed by atoms with Crippen LogP contribution in [0.25, 0.3) is 0 Å². The van der Waals surface area contributed by atoms with Crippen LogP contribution in [0.15, 0.2) is 47.6 Å². The zero-order valence-electron chi connectivity index (χ0n) is 14.0. The summed E-state index contributed by atoms with van der Waals surface area (Å²) in [7, 11) is -2.39. The Morgan fingerprint density at radius 2 is 2.00 bits per heavy atom. The van der Waals surface area contributed by atoms with Crippen molar-refractivity contribution in [3.8, 4) is 5.75 Å². The third-order valence-electron chi connectivity index (χ3n) is 3.89. The van der Waals surface area contributed by atoms with Crippen LogP contribution in [0.3, 0.4) is 0 Å². The normalized spacial score (nSPS) is 20.3. The number of fused-ring (bicyclic) bond motifs is 1. The molecule has 1 N–H and O–H groups in total. The molecule has 8 nitrogen and oxygen atoms in total. The van der Waals surface area contributed by atoms with Gasteiger partial charge in [-0.05, 0) is 31.3 Å². The van der Waals surface area contributed by atoms with Crippen molar-refractivity contribution in [2.24, 2.45) is 0 Å². The van der Waals surface area contributed by atoms with Crippen molar-refractivity contribution < 1.29 is 27.2 Å². The number of nitrogens with zero attached hydrogens (tertiary/aromatic N) is 2. The zero-order chi connectivity index (χ0) is 19.1. The van der Waals surface area contributed by atoms with E-state index in [1.54, 1.807) is 13.0 Å². The molecule has 26 heavy (non-hydrogen) atoms. The molecule has 1 saturated heterocycles. The minimum Gasteiger partial charge on any atom is -0.439 e. The fourth-order valence-corrected chi connectivity index (χ4v) is 3.21. The van der Waals surface area contributed by atoms with Crippen LogP contribution in [0, 0.1) is 0 Å². The van der Waals surface area contributed by atoms with Gasteiger partial charge in [-0.15, -0.1) is 0 Å². The van der Waals surface area contributed by atoms with E-state index >= 15 is 0 Å². The monoisotopic (exact) mass is 396 g/mol. The lowest BCUT2D eigenvalue weighted by Crippen LogP contribution is -2.33. The molecule has 2 heterocycles. The van der Waals surface area contributed by atoms with E-state index in [-0.39, 0.29) is 17.5 Å². The minimum absolute atomic E-state index is 0.00852. The predicted octanol–water partition coefficient (Wildman–Crippen LogP) is 1.66. The molecule has 0 saturated carbocycles. The van der Waals surface area contributed by atoms with Gasteiger partial charge in [-0.3, -0.25) is 14.2 Å². The number of benzene rings is 1. The van der Waals surface area contributed by atoms with E-state index in [9.17, 15) is 13.2 Å². The number of hydrogen-bond donors (Lipinski definition) is 1. The third-order valence-corrected chi connectivity index (χ3v) is 4.89. The Balaban J connectivity index is 1.83. The average molecular weight is 396 g/mol. The maximum Gasteiger partial charge on any atom is 0.297 e. The SMILES string of the molecule is CC(/C=C1\Oc2ccccc2N1C)=C1/OC(=S)N(CCS(=O)(=O)O)C1=O. The molecule has 2 aliphatic rings. The van der Waals surface area contributed by atoms with Crippen LogP contribution < -0.4 is 9.64 Å². The largest absolute Gasteiger partial charge is 0.439 e. The van der Waals surface area contributed by atoms with Gasteiger partial charge in [-0.2, -0.15) is 8.42 Å². The molecule has 1 aromatic carbocycles. The van der Waals surface area contributed by atoms with E-state index in [4.69, 9.17) is 26.2 Å². The summed E-state index contributed by atoms with van der Waals surface area (Å²) in [6, 6.07) is 7.48. The van der Waals surface area contributed by atoms with Gasteiger partial charge in [0.15, 0.2) is 11.5 Å². The van der Waals surface area contributed by atoms with Gasteiger partial charge in [0.05, 0.1) is 11.4 Å². The number of allylic oxidation sites excluding steroid dienone is 2. The van der Waals surface area contributed by atoms with Crippen LogP contribution in [-0.2, 0) is 19.6 Å². The summed E-state index contributed by atoms with van der Waals surface area (Å²) in [6.45, 7) is 1.38. The van der Waals surface area contributed by atoms with Crippen molar-refractivity contribution in [2.45, 2.75) is 6.92 Å². The Kier molecular flexibility index (Phi) is 4.74. The first-order valence-electron chi connectivity index (χ1n) is 7.59. The Hall–Kier alpha value is -2.43. The highest BCUT2D eigenvalue weighted by Gasteiger charge is 2.35. The van der Waals surface area contributed by atoms with Crippen LogP contribution in [0.2, 0.25) is 0 Å². The lowest BCUT2D eigenvalue weighted by molar-refractivity contribution is -0.122. The smallest absolute Gasteiger partial charge is 0.297 e. The second kappa shape index (κ2) is 6.71. The predicted molar refractivity (Wildman–Crippen MR) is 98.1 cm³/mol. The standard InChI is InChI=1S/C16H16N2O6S2/c1-10(9-13-17(2)11-5-3-4-6-12(11)23-13)14-15(19)18(16(25)24-14)7-8-26(20,21)22/h3-6,9H,7-8H2,1-2H3,(H,20,21,22)/b13-9-,14-10-. The number of hydrogen-bond acceptors (Lipinski definition) is 7. The van der Waals surface area contributed by atoms with E-state index in [2.05, 4.69) is 0 Å². The summed E-state index contributed by atoms with van der Waals surface area (Å²) >= 11 is 4.97. The van der Waals surface area contributed by atoms with Gasteiger partial charge >= 0.3 is 0 Å². The Morgan fingerprint density at radius 3 is 2.65 bits per heavy atom. The molecule has 0 aromatic heterocycles. The van der Waals surface area contributed by atoms with E-state index in [0.29, 0.717) is 17.2 Å². The molecule has 1 fully saturated rings. The number of ether oxygens (including phenoxy) is 2. The van der Waals surface area contributed by atoms with Crippen molar-refractivity contribution in [1.82, 2.24) is 4.90 Å². The first-order valence-corrected chi connectivity index (χ1v) is 9.61. The zero-order valence-corrected chi connectivity index (χ0v) is 15.6. The lowest BCUT2D eigenvalue weighted by Gasteiger charge is -2.11. The Bertz CT molecular complexity index is 951. The number of thiocarbonyl (C=S) groups is 1. The molecule has 0 atom stereocenters. The molecule has 0 spiro atoms. The number of anilines is 1. The minimum atomic E-state index is -4.22. The third kappa shape index (κ3) is 3.57. The highest BCUT2D eigenvalue weighted by Crippen LogP contribution is 2.38. The molecule has 10 heteroatoms. The second-order valence-corrected chi connectivity index (χ2v) is 7.66. The van der Waals surface area contributed by atoms with Crippen LogP contribution >= 0.6 is 12.2 Å². The maximum absolute atomic E-state index is 12.4. The second-order valence-electron chi connectivity index (χ2n) is 5.73. The molecule has 0 aliphatic carbocycles. The summed E-state index contributed by atoms with van der Waals surface area (Å²) < 4.78 is 41.7. The summed E-state index contributed by atoms with van der Waals surface area (Å²) in [5.41, 5.74) is 1.36. The maximum atomic E-state index is 12.4. The molecule has 3 rings (SSSR count). The number of amides is 1. The van der Waals surface area contributed by atoms with Gasteiger partial charge in [-0.25, -0.2) is 0 Å².